The number of piperazine rings is 1. The summed E-state index contributed by atoms with van der Waals surface area (Å²) < 4.78 is 36.4. The minimum atomic E-state index is -4.05. The molecule has 13 heteroatoms. The summed E-state index contributed by atoms with van der Waals surface area (Å²) >= 11 is 0. The van der Waals surface area contributed by atoms with E-state index in [0.717, 1.165) is 5.56 Å². The van der Waals surface area contributed by atoms with Gasteiger partial charge in [-0.2, -0.15) is 8.42 Å². The van der Waals surface area contributed by atoms with Crippen molar-refractivity contribution in [2.24, 2.45) is 0 Å². The van der Waals surface area contributed by atoms with Crippen LogP contribution in [0.3, 0.4) is 0 Å². The molecule has 0 bridgehead atoms. The van der Waals surface area contributed by atoms with Gasteiger partial charge in [-0.3, -0.25) is 19.0 Å². The zero-order valence-electron chi connectivity index (χ0n) is 25.9. The van der Waals surface area contributed by atoms with Crippen LogP contribution in [0.4, 0.5) is 17.1 Å². The fraction of sp³-hybridized carbons (Fsp3) is 0.303. The first-order valence-electron chi connectivity index (χ1n) is 14.8. The number of carbonyl (C=O) groups excluding carboxylic acids is 3. The molecule has 0 saturated carbocycles. The quantitative estimate of drug-likeness (QED) is 0.170. The van der Waals surface area contributed by atoms with Crippen LogP contribution in [-0.2, 0) is 24.4 Å². The van der Waals surface area contributed by atoms with E-state index in [1.807, 2.05) is 71.4 Å². The number of methoxy groups -OCH3 is 1. The van der Waals surface area contributed by atoms with Crippen LogP contribution in [0.1, 0.15) is 27.9 Å². The molecule has 0 spiro atoms. The highest BCUT2D eigenvalue weighted by Gasteiger charge is 2.30. The molecule has 3 aromatic rings. The zero-order valence-corrected chi connectivity index (χ0v) is 26.7. The first kappa shape index (κ1) is 32.8. The number of esters is 1. The Labute approximate surface area is 268 Å². The molecule has 1 unspecified atom stereocenters. The molecule has 0 radical (unpaired) electrons. The zero-order chi connectivity index (χ0) is 33.0. The van der Waals surface area contributed by atoms with Crippen LogP contribution in [0, 0.1) is 0 Å². The number of nitrogens with one attached hydrogen (secondary N) is 2. The molecular weight excluding hydrogens is 610 g/mol. The van der Waals surface area contributed by atoms with E-state index in [9.17, 15) is 22.8 Å². The normalized spacial score (nSPS) is 18.0. The molecular formula is C33H37N5O7S. The van der Waals surface area contributed by atoms with E-state index < -0.39 is 16.1 Å². The lowest BCUT2D eigenvalue weighted by Gasteiger charge is -2.39. The van der Waals surface area contributed by atoms with E-state index in [1.165, 1.54) is 7.11 Å². The van der Waals surface area contributed by atoms with E-state index in [4.69, 9.17) is 9.29 Å². The van der Waals surface area contributed by atoms with E-state index >= 15 is 0 Å². The number of carbonyl (C=O) groups is 3. The Morgan fingerprint density at radius 2 is 1.76 bits per heavy atom. The predicted octanol–water partition coefficient (Wildman–Crippen LogP) is 3.26. The summed E-state index contributed by atoms with van der Waals surface area (Å²) in [5.74, 6) is -1.24. The second-order valence-electron chi connectivity index (χ2n) is 11.4. The van der Waals surface area contributed by atoms with E-state index in [-0.39, 0.29) is 36.6 Å². The van der Waals surface area contributed by atoms with Crippen molar-refractivity contribution >= 4 is 56.2 Å². The third kappa shape index (κ3) is 7.62. The van der Waals surface area contributed by atoms with Gasteiger partial charge in [-0.25, -0.2) is 4.79 Å². The maximum absolute atomic E-state index is 13.3. The van der Waals surface area contributed by atoms with Crippen molar-refractivity contribution < 1.29 is 32.1 Å². The fourth-order valence-electron chi connectivity index (χ4n) is 5.65. The van der Waals surface area contributed by atoms with Gasteiger partial charge >= 0.3 is 5.97 Å². The van der Waals surface area contributed by atoms with E-state index in [2.05, 4.69) is 10.6 Å². The van der Waals surface area contributed by atoms with Crippen LogP contribution in [-0.4, -0.2) is 99.7 Å². The molecule has 0 aliphatic carbocycles. The summed E-state index contributed by atoms with van der Waals surface area (Å²) in [7, 11) is 0.864. The van der Waals surface area contributed by atoms with Gasteiger partial charge in [0.15, 0.2) is 0 Å². The Morgan fingerprint density at radius 1 is 1.04 bits per heavy atom. The first-order valence-corrected chi connectivity index (χ1v) is 16.4. The van der Waals surface area contributed by atoms with Crippen molar-refractivity contribution in [1.29, 1.82) is 0 Å². The van der Waals surface area contributed by atoms with Crippen molar-refractivity contribution in [3.63, 3.8) is 0 Å². The standard InChI is InChI=1S/C33H37N5O7S/c1-36-16-17-38(20-26(36)15-18-46(42,43)44)21-29(39)37(2)25-12-10-24(11-13-25)34-31(22-7-5-4-6-8-22)30-27-14-9-23(33(41)45-3)19-28(27)35-32(30)40/h4-14,19,26,34H,15-18,20-21H2,1-3H3,(H,35,40)(H,42,43,44)/b31-30-. The molecule has 12 nitrogen and oxygen atoms in total. The summed E-state index contributed by atoms with van der Waals surface area (Å²) in [6.45, 7) is 2.04. The number of hydrogen-bond acceptors (Lipinski definition) is 9. The van der Waals surface area contributed by atoms with Crippen LogP contribution in [0.5, 0.6) is 0 Å². The van der Waals surface area contributed by atoms with Gasteiger partial charge in [0, 0.05) is 49.7 Å². The summed E-state index contributed by atoms with van der Waals surface area (Å²) in [6, 6.07) is 21.6. The number of likely N-dealkylation sites (N-methyl/N-ethyl adjacent to an activating group) is 2. The molecule has 5 rings (SSSR count). The highest BCUT2D eigenvalue weighted by atomic mass is 32.2. The van der Waals surface area contributed by atoms with Crippen molar-refractivity contribution in [2.75, 3.05) is 68.7 Å². The van der Waals surface area contributed by atoms with E-state index in [0.29, 0.717) is 59.1 Å². The molecule has 2 heterocycles. The van der Waals surface area contributed by atoms with Gasteiger partial charge in [0.25, 0.3) is 16.0 Å². The number of benzene rings is 3. The number of rotatable bonds is 10. The third-order valence-electron chi connectivity index (χ3n) is 8.32. The number of fused-ring (bicyclic) bond motifs is 1. The van der Waals surface area contributed by atoms with Crippen molar-refractivity contribution in [2.45, 2.75) is 12.5 Å². The Kier molecular flexibility index (Phi) is 9.87. The summed E-state index contributed by atoms with van der Waals surface area (Å²) in [5, 5.41) is 6.26. The summed E-state index contributed by atoms with van der Waals surface area (Å²) in [6.07, 6.45) is 0.285. The average Bonchev–Trinajstić information content (AvgIpc) is 3.37. The monoisotopic (exact) mass is 647 g/mol. The van der Waals surface area contributed by atoms with Crippen molar-refractivity contribution in [3.05, 3.63) is 89.5 Å². The maximum atomic E-state index is 13.3. The van der Waals surface area contributed by atoms with Crippen LogP contribution in [0.15, 0.2) is 72.8 Å². The fourth-order valence-corrected chi connectivity index (χ4v) is 6.22. The molecule has 2 amide bonds. The highest BCUT2D eigenvalue weighted by molar-refractivity contribution is 7.85. The van der Waals surface area contributed by atoms with Gasteiger partial charge in [0.1, 0.15) is 0 Å². The maximum Gasteiger partial charge on any atom is 0.337 e. The Balaban J connectivity index is 1.32. The van der Waals surface area contributed by atoms with Gasteiger partial charge in [-0.15, -0.1) is 0 Å². The minimum Gasteiger partial charge on any atom is -0.465 e. The predicted molar refractivity (Wildman–Crippen MR) is 177 cm³/mol. The number of amides is 2. The van der Waals surface area contributed by atoms with Crippen LogP contribution >= 0.6 is 0 Å². The number of nitrogens with zero attached hydrogens (tertiary/aromatic N) is 3. The Morgan fingerprint density at radius 3 is 2.43 bits per heavy atom. The summed E-state index contributed by atoms with van der Waals surface area (Å²) in [4.78, 5) is 44.2. The first-order chi connectivity index (χ1) is 21.9. The summed E-state index contributed by atoms with van der Waals surface area (Å²) in [5.41, 5.74) is 4.67. The third-order valence-corrected chi connectivity index (χ3v) is 9.08. The smallest absolute Gasteiger partial charge is 0.337 e. The van der Waals surface area contributed by atoms with Crippen LogP contribution in [0.25, 0.3) is 11.3 Å². The molecule has 1 fully saturated rings. The van der Waals surface area contributed by atoms with Gasteiger partial charge in [0.2, 0.25) is 5.91 Å². The molecule has 2 aliphatic heterocycles. The topological polar surface area (TPSA) is 149 Å². The van der Waals surface area contributed by atoms with Crippen LogP contribution < -0.4 is 15.5 Å². The van der Waals surface area contributed by atoms with Crippen LogP contribution in [0.2, 0.25) is 0 Å². The molecule has 242 valence electrons. The van der Waals surface area contributed by atoms with E-state index in [1.54, 1.807) is 30.1 Å². The Bertz CT molecular complexity index is 1760. The van der Waals surface area contributed by atoms with Gasteiger partial charge < -0.3 is 25.2 Å². The molecule has 3 aromatic carbocycles. The molecule has 0 aromatic heterocycles. The average molecular weight is 648 g/mol. The molecule has 1 atom stereocenters. The van der Waals surface area contributed by atoms with Crippen molar-refractivity contribution in [1.82, 2.24) is 9.80 Å². The molecule has 2 aliphatic rings. The largest absolute Gasteiger partial charge is 0.465 e. The molecule has 1 saturated heterocycles. The number of hydrogen-bond donors (Lipinski definition) is 3. The Hall–Kier alpha value is -4.56. The number of anilines is 3. The molecule has 46 heavy (non-hydrogen) atoms. The lowest BCUT2D eigenvalue weighted by atomic mass is 9.99. The van der Waals surface area contributed by atoms with Gasteiger partial charge in [0.05, 0.1) is 41.9 Å². The number of ether oxygens (including phenoxy) is 1. The minimum absolute atomic E-state index is 0.0871. The van der Waals surface area contributed by atoms with Gasteiger partial charge in [-0.05, 0) is 55.4 Å². The second kappa shape index (κ2) is 13.8. The van der Waals surface area contributed by atoms with Crippen molar-refractivity contribution in [3.8, 4) is 0 Å². The lowest BCUT2D eigenvalue weighted by molar-refractivity contribution is -0.120. The van der Waals surface area contributed by atoms with Gasteiger partial charge in [-0.1, -0.05) is 36.4 Å². The lowest BCUT2D eigenvalue weighted by Crippen LogP contribution is -2.54. The SMILES string of the molecule is COC(=O)c1ccc2c(c1)NC(=O)/C2=C(\Nc1ccc(N(C)C(=O)CN2CCN(C)C(CCS(=O)(=O)O)C2)cc1)c1ccccc1. The highest BCUT2D eigenvalue weighted by Crippen LogP contribution is 2.38. The molecule has 3 N–H and O–H groups in total. The second-order valence-corrected chi connectivity index (χ2v) is 13.0.